The predicted octanol–water partition coefficient (Wildman–Crippen LogP) is -0.378. The van der Waals surface area contributed by atoms with Gasteiger partial charge in [0.2, 0.25) is 11.8 Å². The van der Waals surface area contributed by atoms with Gasteiger partial charge in [-0.3, -0.25) is 24.6 Å². The first-order chi connectivity index (χ1) is 13.5. The number of carbonyl (C=O) groups excluding carboxylic acids is 3. The third-order valence-electron chi connectivity index (χ3n) is 6.16. The van der Waals surface area contributed by atoms with Gasteiger partial charge in [-0.1, -0.05) is 12.1 Å². The number of hydrogen-bond donors (Lipinski definition) is 2. The van der Waals surface area contributed by atoms with Gasteiger partial charge in [0, 0.05) is 51.3 Å². The fourth-order valence-corrected chi connectivity index (χ4v) is 4.75. The summed E-state index contributed by atoms with van der Waals surface area (Å²) in [4.78, 5) is 40.3. The molecule has 4 aliphatic rings. The molecule has 28 heavy (non-hydrogen) atoms. The highest BCUT2D eigenvalue weighted by Gasteiger charge is 2.45. The molecular weight excluding hydrogens is 360 g/mol. The summed E-state index contributed by atoms with van der Waals surface area (Å²) >= 11 is 0. The summed E-state index contributed by atoms with van der Waals surface area (Å²) in [6.07, 6.45) is 0.663. The molecule has 148 valence electrons. The first-order valence-corrected chi connectivity index (χ1v) is 9.87. The minimum atomic E-state index is -0.563. The maximum atomic E-state index is 12.9. The van der Waals surface area contributed by atoms with E-state index < -0.39 is 6.04 Å². The normalized spacial score (nSPS) is 26.9. The van der Waals surface area contributed by atoms with Crippen LogP contribution < -0.4 is 10.6 Å². The lowest BCUT2D eigenvalue weighted by molar-refractivity contribution is -0.158. The summed E-state index contributed by atoms with van der Waals surface area (Å²) in [7, 11) is 0. The van der Waals surface area contributed by atoms with E-state index in [0.717, 1.165) is 50.5 Å². The maximum Gasteiger partial charge on any atom is 0.255 e. The predicted molar refractivity (Wildman–Crippen MR) is 99.3 cm³/mol. The van der Waals surface area contributed by atoms with Crippen molar-refractivity contribution in [1.29, 1.82) is 0 Å². The first kappa shape index (κ1) is 17.8. The Balaban J connectivity index is 1.25. The van der Waals surface area contributed by atoms with Gasteiger partial charge in [-0.25, -0.2) is 0 Å². The van der Waals surface area contributed by atoms with Crippen molar-refractivity contribution in [2.24, 2.45) is 0 Å². The van der Waals surface area contributed by atoms with E-state index in [-0.39, 0.29) is 29.7 Å². The number of ether oxygens (including phenoxy) is 1. The van der Waals surface area contributed by atoms with E-state index in [1.807, 2.05) is 12.1 Å². The highest BCUT2D eigenvalue weighted by molar-refractivity contribution is 6.05. The standard InChI is InChI=1S/C20H24N4O4/c25-17-4-3-16(18(26)22-17)24-9-14-2-1-13(7-15(14)19(24)27)8-23-11-20(12-23)10-21-5-6-28-20/h1-2,7,16,21H,3-6,8-12H2,(H,22,25,26). The maximum absolute atomic E-state index is 12.9. The SMILES string of the molecule is O=C1CCC(N2Cc3ccc(CN4CC5(CNCCO5)C4)cc3C2=O)C(=O)N1. The van der Waals surface area contributed by atoms with Crippen LogP contribution >= 0.6 is 0 Å². The highest BCUT2D eigenvalue weighted by Crippen LogP contribution is 2.31. The molecule has 5 rings (SSSR count). The van der Waals surface area contributed by atoms with Crippen molar-refractivity contribution < 1.29 is 19.1 Å². The Bertz CT molecular complexity index is 841. The Hall–Kier alpha value is -2.29. The zero-order valence-corrected chi connectivity index (χ0v) is 15.7. The summed E-state index contributed by atoms with van der Waals surface area (Å²) in [5.74, 6) is -0.756. The lowest BCUT2D eigenvalue weighted by Crippen LogP contribution is -2.69. The van der Waals surface area contributed by atoms with Crippen LogP contribution in [-0.2, 0) is 27.4 Å². The number of piperidine rings is 1. The number of benzene rings is 1. The molecule has 2 N–H and O–H groups in total. The Kier molecular flexibility index (Phi) is 4.22. The Morgan fingerprint density at radius 1 is 1.21 bits per heavy atom. The smallest absolute Gasteiger partial charge is 0.255 e. The molecule has 3 amide bonds. The van der Waals surface area contributed by atoms with Gasteiger partial charge in [0.1, 0.15) is 11.6 Å². The Morgan fingerprint density at radius 3 is 2.82 bits per heavy atom. The quantitative estimate of drug-likeness (QED) is 0.691. The molecule has 8 nitrogen and oxygen atoms in total. The average Bonchev–Trinajstić information content (AvgIpc) is 2.98. The third kappa shape index (κ3) is 3.01. The van der Waals surface area contributed by atoms with Crippen molar-refractivity contribution in [2.75, 3.05) is 32.8 Å². The van der Waals surface area contributed by atoms with E-state index in [9.17, 15) is 14.4 Å². The van der Waals surface area contributed by atoms with Gasteiger partial charge in [0.05, 0.1) is 6.61 Å². The van der Waals surface area contributed by atoms with Crippen LogP contribution in [0.3, 0.4) is 0 Å². The first-order valence-electron chi connectivity index (χ1n) is 9.87. The number of hydrogen-bond acceptors (Lipinski definition) is 6. The van der Waals surface area contributed by atoms with Gasteiger partial charge in [-0.15, -0.1) is 0 Å². The summed E-state index contributed by atoms with van der Waals surface area (Å²) in [5.41, 5.74) is 2.66. The van der Waals surface area contributed by atoms with Crippen LogP contribution in [0.5, 0.6) is 0 Å². The highest BCUT2D eigenvalue weighted by atomic mass is 16.5. The van der Waals surface area contributed by atoms with Crippen molar-refractivity contribution >= 4 is 17.7 Å². The van der Waals surface area contributed by atoms with Crippen molar-refractivity contribution in [3.8, 4) is 0 Å². The van der Waals surface area contributed by atoms with Crippen LogP contribution in [0.4, 0.5) is 0 Å². The van der Waals surface area contributed by atoms with Crippen molar-refractivity contribution in [3.63, 3.8) is 0 Å². The lowest BCUT2D eigenvalue weighted by Gasteiger charge is -2.51. The van der Waals surface area contributed by atoms with Crippen LogP contribution in [0.25, 0.3) is 0 Å². The van der Waals surface area contributed by atoms with E-state index in [4.69, 9.17) is 4.74 Å². The second-order valence-corrected chi connectivity index (χ2v) is 8.24. The van der Waals surface area contributed by atoms with Crippen LogP contribution in [0.1, 0.15) is 34.3 Å². The van der Waals surface area contributed by atoms with E-state index >= 15 is 0 Å². The van der Waals surface area contributed by atoms with E-state index in [1.165, 1.54) is 0 Å². The molecule has 8 heteroatoms. The molecule has 0 aromatic heterocycles. The van der Waals surface area contributed by atoms with E-state index in [0.29, 0.717) is 18.5 Å². The minimum Gasteiger partial charge on any atom is -0.370 e. The van der Waals surface area contributed by atoms with Crippen molar-refractivity contribution in [2.45, 2.75) is 37.6 Å². The summed E-state index contributed by atoms with van der Waals surface area (Å²) < 4.78 is 5.93. The monoisotopic (exact) mass is 384 g/mol. The number of amides is 3. The molecule has 0 radical (unpaired) electrons. The van der Waals surface area contributed by atoms with Gasteiger partial charge >= 0.3 is 0 Å². The summed E-state index contributed by atoms with van der Waals surface area (Å²) in [5, 5.41) is 5.73. The van der Waals surface area contributed by atoms with Crippen molar-refractivity contribution in [3.05, 3.63) is 34.9 Å². The van der Waals surface area contributed by atoms with Crippen LogP contribution in [0.15, 0.2) is 18.2 Å². The molecule has 0 aliphatic carbocycles. The molecule has 4 aliphatic heterocycles. The topological polar surface area (TPSA) is 91.0 Å². The largest absolute Gasteiger partial charge is 0.370 e. The zero-order chi connectivity index (χ0) is 19.3. The fourth-order valence-electron chi connectivity index (χ4n) is 4.75. The minimum absolute atomic E-state index is 0.0482. The molecule has 3 fully saturated rings. The molecular formula is C20H24N4O4. The second kappa shape index (κ2) is 6.65. The van der Waals surface area contributed by atoms with Gasteiger partial charge in [-0.05, 0) is 23.6 Å². The number of imide groups is 1. The molecule has 1 unspecified atom stereocenters. The Labute approximate surface area is 163 Å². The van der Waals surface area contributed by atoms with E-state index in [2.05, 4.69) is 21.6 Å². The number of fused-ring (bicyclic) bond motifs is 1. The number of likely N-dealkylation sites (tertiary alicyclic amines) is 1. The number of rotatable bonds is 3. The third-order valence-corrected chi connectivity index (χ3v) is 6.16. The van der Waals surface area contributed by atoms with Gasteiger partial charge in [0.15, 0.2) is 0 Å². The molecule has 3 saturated heterocycles. The van der Waals surface area contributed by atoms with E-state index in [1.54, 1.807) is 4.90 Å². The molecule has 1 aromatic rings. The number of morpholine rings is 1. The molecule has 1 atom stereocenters. The second-order valence-electron chi connectivity index (χ2n) is 8.24. The van der Waals surface area contributed by atoms with Crippen molar-refractivity contribution in [1.82, 2.24) is 20.4 Å². The number of nitrogens with one attached hydrogen (secondary N) is 2. The van der Waals surface area contributed by atoms with Crippen LogP contribution in [0, 0.1) is 0 Å². The number of carbonyl (C=O) groups is 3. The van der Waals surface area contributed by atoms with Gasteiger partial charge in [0.25, 0.3) is 5.91 Å². The molecule has 1 aromatic carbocycles. The number of nitrogens with zero attached hydrogens (tertiary/aromatic N) is 2. The van der Waals surface area contributed by atoms with Gasteiger partial charge in [-0.2, -0.15) is 0 Å². The van der Waals surface area contributed by atoms with Crippen LogP contribution in [-0.4, -0.2) is 72.0 Å². The summed E-state index contributed by atoms with van der Waals surface area (Å²) in [6, 6.07) is 5.44. The zero-order valence-electron chi connectivity index (χ0n) is 15.7. The molecule has 4 heterocycles. The van der Waals surface area contributed by atoms with Gasteiger partial charge < -0.3 is 15.0 Å². The summed E-state index contributed by atoms with van der Waals surface area (Å²) in [6.45, 7) is 5.57. The lowest BCUT2D eigenvalue weighted by atomic mass is 9.91. The molecule has 0 saturated carbocycles. The molecule has 1 spiro atoms. The van der Waals surface area contributed by atoms with Crippen LogP contribution in [0.2, 0.25) is 0 Å². The average molecular weight is 384 g/mol. The molecule has 0 bridgehead atoms. The Morgan fingerprint density at radius 2 is 2.07 bits per heavy atom. The fraction of sp³-hybridized carbons (Fsp3) is 0.550.